The van der Waals surface area contributed by atoms with Gasteiger partial charge in [0.1, 0.15) is 11.2 Å². The van der Waals surface area contributed by atoms with Crippen molar-refractivity contribution in [3.63, 3.8) is 0 Å². The molecule has 0 aliphatic heterocycles. The number of hydrogen-bond acceptors (Lipinski definition) is 2. The predicted octanol–water partition coefficient (Wildman–Crippen LogP) is 14.8. The molecule has 0 bridgehead atoms. The first-order chi connectivity index (χ1) is 28.3. The number of nitrogens with zero attached hydrogens (tertiary/aromatic N) is 1. The fourth-order valence-electron chi connectivity index (χ4n) is 9.24. The molecule has 0 atom stereocenters. The molecule has 1 aromatic heterocycles. The molecule has 11 rings (SSSR count). The third-order valence-corrected chi connectivity index (χ3v) is 11.7. The highest BCUT2D eigenvalue weighted by Gasteiger charge is 2.47. The molecule has 2 heteroatoms. The minimum atomic E-state index is -0.560. The Morgan fingerprint density at radius 2 is 0.842 bits per heavy atom. The van der Waals surface area contributed by atoms with Gasteiger partial charge in [-0.3, -0.25) is 0 Å². The third kappa shape index (κ3) is 5.26. The maximum absolute atomic E-state index is 7.18. The van der Waals surface area contributed by atoms with E-state index in [1.807, 2.05) is 0 Å². The zero-order valence-corrected chi connectivity index (χ0v) is 31.2. The minimum absolute atomic E-state index is 0.560. The van der Waals surface area contributed by atoms with E-state index in [4.69, 9.17) is 4.42 Å². The number of furan rings is 1. The van der Waals surface area contributed by atoms with E-state index in [1.165, 1.54) is 44.5 Å². The highest BCUT2D eigenvalue weighted by molar-refractivity contribution is 6.08. The second kappa shape index (κ2) is 13.4. The smallest absolute Gasteiger partial charge is 0.140 e. The Bertz CT molecular complexity index is 3010. The van der Waals surface area contributed by atoms with Gasteiger partial charge < -0.3 is 9.32 Å². The summed E-state index contributed by atoms with van der Waals surface area (Å²) in [6, 6.07) is 80.8. The Balaban J connectivity index is 1.12. The van der Waals surface area contributed by atoms with Crippen LogP contribution in [0.3, 0.4) is 0 Å². The van der Waals surface area contributed by atoms with Gasteiger partial charge in [-0.1, -0.05) is 182 Å². The molecule has 0 radical (unpaired) electrons. The van der Waals surface area contributed by atoms with E-state index in [9.17, 15) is 0 Å². The van der Waals surface area contributed by atoms with Crippen molar-refractivity contribution in [2.24, 2.45) is 0 Å². The molecule has 0 N–H and O–H groups in total. The Hall–Kier alpha value is -7.42. The predicted molar refractivity (Wildman–Crippen MR) is 237 cm³/mol. The van der Waals surface area contributed by atoms with Crippen LogP contribution < -0.4 is 4.90 Å². The molecule has 2 nitrogen and oxygen atoms in total. The second-order valence-corrected chi connectivity index (χ2v) is 14.8. The van der Waals surface area contributed by atoms with Crippen molar-refractivity contribution >= 4 is 39.0 Å². The molecular formula is C55H37NO. The molecule has 57 heavy (non-hydrogen) atoms. The van der Waals surface area contributed by atoms with Gasteiger partial charge in [0.25, 0.3) is 0 Å². The molecular weight excluding hydrogens is 691 g/mol. The van der Waals surface area contributed by atoms with E-state index in [1.54, 1.807) is 0 Å². The molecule has 9 aromatic carbocycles. The highest BCUT2D eigenvalue weighted by atomic mass is 16.3. The summed E-state index contributed by atoms with van der Waals surface area (Å²) in [5.74, 6) is 0. The Kier molecular flexibility index (Phi) is 7.75. The lowest BCUT2D eigenvalue weighted by Gasteiger charge is -2.33. The van der Waals surface area contributed by atoms with Crippen LogP contribution in [0, 0.1) is 0 Å². The van der Waals surface area contributed by atoms with Crippen molar-refractivity contribution in [1.82, 2.24) is 0 Å². The minimum Gasteiger partial charge on any atom is -0.456 e. The summed E-state index contributed by atoms with van der Waals surface area (Å²) < 4.78 is 7.18. The number of para-hydroxylation sites is 1. The maximum atomic E-state index is 7.18. The van der Waals surface area contributed by atoms with E-state index >= 15 is 0 Å². The number of rotatable bonds is 7. The van der Waals surface area contributed by atoms with E-state index in [-0.39, 0.29) is 0 Å². The van der Waals surface area contributed by atoms with Crippen molar-refractivity contribution in [2.75, 3.05) is 4.90 Å². The Morgan fingerprint density at radius 3 is 1.53 bits per heavy atom. The van der Waals surface area contributed by atoms with E-state index in [0.717, 1.165) is 50.1 Å². The van der Waals surface area contributed by atoms with Crippen LogP contribution in [0.2, 0.25) is 0 Å². The first-order valence-electron chi connectivity index (χ1n) is 19.6. The summed E-state index contributed by atoms with van der Waals surface area (Å²) in [5.41, 5.74) is 16.5. The van der Waals surface area contributed by atoms with Crippen LogP contribution in [0.5, 0.6) is 0 Å². The molecule has 10 aromatic rings. The van der Waals surface area contributed by atoms with Crippen molar-refractivity contribution in [2.45, 2.75) is 5.41 Å². The molecule has 0 saturated carbocycles. The van der Waals surface area contributed by atoms with Crippen LogP contribution in [-0.4, -0.2) is 0 Å². The number of hydrogen-bond donors (Lipinski definition) is 0. The summed E-state index contributed by atoms with van der Waals surface area (Å²) in [6.07, 6.45) is 0. The summed E-state index contributed by atoms with van der Waals surface area (Å²) in [7, 11) is 0. The lowest BCUT2D eigenvalue weighted by molar-refractivity contribution is 0.648. The molecule has 0 saturated heterocycles. The number of benzene rings is 9. The summed E-state index contributed by atoms with van der Waals surface area (Å²) in [5, 5.41) is 2.20. The lowest BCUT2D eigenvalue weighted by Crippen LogP contribution is -2.28. The fourth-order valence-corrected chi connectivity index (χ4v) is 9.24. The average Bonchev–Trinajstić information content (AvgIpc) is 3.81. The third-order valence-electron chi connectivity index (χ3n) is 11.7. The molecule has 0 spiro atoms. The Morgan fingerprint density at radius 1 is 0.333 bits per heavy atom. The normalized spacial score (nSPS) is 12.7. The SMILES string of the molecule is c1ccc(-c2ccc(N(c3cccc(-c4ccccc4)c3)c3ccc4c(c3)oc3c(C5(c6ccccc6)c6ccccc6-c6ccccc65)cccc34)cc2)cc1. The molecule has 1 heterocycles. The summed E-state index contributed by atoms with van der Waals surface area (Å²) in [4.78, 5) is 2.34. The molecule has 0 unspecified atom stereocenters. The van der Waals surface area contributed by atoms with Gasteiger partial charge in [-0.25, -0.2) is 0 Å². The van der Waals surface area contributed by atoms with Crippen molar-refractivity contribution < 1.29 is 4.42 Å². The van der Waals surface area contributed by atoms with Gasteiger partial charge in [-0.15, -0.1) is 0 Å². The average molecular weight is 728 g/mol. The van der Waals surface area contributed by atoms with E-state index in [0.29, 0.717) is 0 Å². The maximum Gasteiger partial charge on any atom is 0.140 e. The monoisotopic (exact) mass is 727 g/mol. The largest absolute Gasteiger partial charge is 0.456 e. The quantitative estimate of drug-likeness (QED) is 0.163. The summed E-state index contributed by atoms with van der Waals surface area (Å²) >= 11 is 0. The first kappa shape index (κ1) is 33.0. The van der Waals surface area contributed by atoms with Crippen molar-refractivity contribution in [3.8, 4) is 33.4 Å². The van der Waals surface area contributed by atoms with Gasteiger partial charge >= 0.3 is 0 Å². The standard InChI is InChI=1S/C55H37NO/c1-4-16-38(17-5-1)40-30-32-43(33-31-40)56(44-23-14-20-41(36-44)39-18-6-2-7-19-39)45-34-35-48-49-26-15-29-52(54(49)57-53(48)37-45)55(42-21-8-3-9-22-42)50-27-12-10-24-46(50)47-25-11-13-28-51(47)55/h1-37H. The van der Waals surface area contributed by atoms with Crippen molar-refractivity contribution in [3.05, 3.63) is 247 Å². The van der Waals surface area contributed by atoms with Crippen LogP contribution in [-0.2, 0) is 5.41 Å². The fraction of sp³-hybridized carbons (Fsp3) is 0.0182. The second-order valence-electron chi connectivity index (χ2n) is 14.8. The van der Waals surface area contributed by atoms with Gasteiger partial charge in [0.2, 0.25) is 0 Å². The van der Waals surface area contributed by atoms with Crippen LogP contribution in [0.4, 0.5) is 17.1 Å². The van der Waals surface area contributed by atoms with Gasteiger partial charge in [0, 0.05) is 39.5 Å². The van der Waals surface area contributed by atoms with Gasteiger partial charge in [0.05, 0.1) is 5.41 Å². The van der Waals surface area contributed by atoms with Crippen molar-refractivity contribution in [1.29, 1.82) is 0 Å². The van der Waals surface area contributed by atoms with E-state index in [2.05, 4.69) is 229 Å². The highest BCUT2D eigenvalue weighted by Crippen LogP contribution is 2.57. The van der Waals surface area contributed by atoms with Crippen LogP contribution in [0.25, 0.3) is 55.3 Å². The number of anilines is 3. The Labute approximate surface area is 332 Å². The summed E-state index contributed by atoms with van der Waals surface area (Å²) in [6.45, 7) is 0. The van der Waals surface area contributed by atoms with Gasteiger partial charge in [0.15, 0.2) is 0 Å². The zero-order valence-electron chi connectivity index (χ0n) is 31.2. The van der Waals surface area contributed by atoms with Crippen LogP contribution >= 0.6 is 0 Å². The van der Waals surface area contributed by atoms with Gasteiger partial charge in [-0.2, -0.15) is 0 Å². The van der Waals surface area contributed by atoms with E-state index < -0.39 is 5.41 Å². The zero-order chi connectivity index (χ0) is 37.8. The molecule has 0 fully saturated rings. The molecule has 268 valence electrons. The molecule has 1 aliphatic carbocycles. The van der Waals surface area contributed by atoms with Gasteiger partial charge in [-0.05, 0) is 86.5 Å². The topological polar surface area (TPSA) is 16.4 Å². The van der Waals surface area contributed by atoms with Crippen LogP contribution in [0.15, 0.2) is 229 Å². The molecule has 0 amide bonds. The number of fused-ring (bicyclic) bond motifs is 6. The van der Waals surface area contributed by atoms with Crippen LogP contribution in [0.1, 0.15) is 22.3 Å². The molecule has 1 aliphatic rings. The lowest BCUT2D eigenvalue weighted by atomic mass is 9.67. The first-order valence-corrected chi connectivity index (χ1v) is 19.6.